The molecule has 0 aromatic heterocycles. The average Bonchev–Trinajstić information content (AvgIpc) is 2.18. The molecule has 0 amide bonds. The number of carbonyl (C=O) groups is 2. The Bertz CT molecular complexity index is 443. The van der Waals surface area contributed by atoms with E-state index in [1.165, 1.54) is 19.1 Å². The van der Waals surface area contributed by atoms with Crippen LogP contribution in [0, 0.1) is 0 Å². The van der Waals surface area contributed by atoms with Crippen molar-refractivity contribution in [2.24, 2.45) is 0 Å². The van der Waals surface area contributed by atoms with Crippen molar-refractivity contribution < 1.29 is 28.2 Å². The number of carboxylic acids is 1. The Labute approximate surface area is 95.8 Å². The van der Waals surface area contributed by atoms with Crippen molar-refractivity contribution in [3.8, 4) is 5.75 Å². The van der Waals surface area contributed by atoms with E-state index in [0.717, 1.165) is 6.07 Å². The van der Waals surface area contributed by atoms with Crippen molar-refractivity contribution in [3.63, 3.8) is 0 Å². The summed E-state index contributed by atoms with van der Waals surface area (Å²) in [6.45, 7) is -1.86. The molecule has 0 bridgehead atoms. The first kappa shape index (κ1) is 13.1. The summed E-state index contributed by atoms with van der Waals surface area (Å²) < 4.78 is 28.5. The normalized spacial score (nSPS) is 10.4. The minimum Gasteiger partial charge on any atom is -0.478 e. The van der Waals surface area contributed by atoms with Gasteiger partial charge in [-0.15, -0.1) is 0 Å². The van der Waals surface area contributed by atoms with Gasteiger partial charge in [-0.2, -0.15) is 8.78 Å². The van der Waals surface area contributed by atoms with Crippen LogP contribution in [0.5, 0.6) is 5.75 Å². The zero-order valence-electron chi connectivity index (χ0n) is 8.94. The summed E-state index contributed by atoms with van der Waals surface area (Å²) in [5, 5.41) is 8.83. The molecule has 0 aliphatic heterocycles. The molecule has 1 rings (SSSR count). The highest BCUT2D eigenvalue weighted by Gasteiger charge is 2.19. The number of Topliss-reactive ketones (excluding diaryl/α,β-unsaturated/α-hetero) is 1. The first-order valence-electron chi connectivity index (χ1n) is 4.71. The number of ether oxygens (including phenoxy) is 1. The number of hydrogen-bond acceptors (Lipinski definition) is 3. The lowest BCUT2D eigenvalue weighted by atomic mass is 10.0. The highest BCUT2D eigenvalue weighted by molar-refractivity contribution is 5.92. The highest BCUT2D eigenvalue weighted by atomic mass is 19.3. The zero-order valence-corrected chi connectivity index (χ0v) is 8.94. The first-order chi connectivity index (χ1) is 7.91. The van der Waals surface area contributed by atoms with Gasteiger partial charge >= 0.3 is 12.6 Å². The van der Waals surface area contributed by atoms with Gasteiger partial charge in [-0.25, -0.2) is 4.79 Å². The second-order valence-electron chi connectivity index (χ2n) is 3.36. The zero-order chi connectivity index (χ0) is 13.0. The van der Waals surface area contributed by atoms with Gasteiger partial charge in [0, 0.05) is 12.0 Å². The summed E-state index contributed by atoms with van der Waals surface area (Å²) >= 11 is 0. The third kappa shape index (κ3) is 3.51. The number of aromatic carboxylic acids is 1. The lowest BCUT2D eigenvalue weighted by Gasteiger charge is -2.12. The van der Waals surface area contributed by atoms with Crippen LogP contribution in [0.2, 0.25) is 0 Å². The molecule has 0 heterocycles. The minimum atomic E-state index is -3.14. The van der Waals surface area contributed by atoms with Gasteiger partial charge in [0.05, 0.1) is 0 Å². The molecule has 0 atom stereocenters. The van der Waals surface area contributed by atoms with Crippen LogP contribution in [0.4, 0.5) is 8.78 Å². The Kier molecular flexibility index (Phi) is 4.14. The smallest absolute Gasteiger partial charge is 0.387 e. The van der Waals surface area contributed by atoms with Gasteiger partial charge in [-0.1, -0.05) is 12.1 Å². The maximum absolute atomic E-state index is 12.2. The number of rotatable bonds is 5. The largest absolute Gasteiger partial charge is 0.478 e. The third-order valence-corrected chi connectivity index (χ3v) is 1.97. The Morgan fingerprint density at radius 2 is 2.06 bits per heavy atom. The second-order valence-corrected chi connectivity index (χ2v) is 3.36. The van der Waals surface area contributed by atoms with E-state index in [1.54, 1.807) is 0 Å². The van der Waals surface area contributed by atoms with Crippen LogP contribution in [-0.2, 0) is 11.2 Å². The van der Waals surface area contributed by atoms with Crippen molar-refractivity contribution in [1.82, 2.24) is 0 Å². The van der Waals surface area contributed by atoms with E-state index >= 15 is 0 Å². The topological polar surface area (TPSA) is 63.6 Å². The molecule has 0 saturated carbocycles. The minimum absolute atomic E-state index is 0.137. The molecule has 1 aromatic carbocycles. The highest BCUT2D eigenvalue weighted by Crippen LogP contribution is 2.26. The third-order valence-electron chi connectivity index (χ3n) is 1.97. The molecule has 1 aromatic rings. The monoisotopic (exact) mass is 244 g/mol. The number of hydrogen-bond donors (Lipinski definition) is 1. The SMILES string of the molecule is CC(=O)Cc1cccc(C(=O)O)c1OC(F)F. The summed E-state index contributed by atoms with van der Waals surface area (Å²) in [6, 6.07) is 3.90. The van der Waals surface area contributed by atoms with Crippen molar-refractivity contribution in [2.75, 3.05) is 0 Å². The fraction of sp³-hybridized carbons (Fsp3) is 0.273. The number of halogens is 2. The van der Waals surface area contributed by atoms with Crippen molar-refractivity contribution in [2.45, 2.75) is 20.0 Å². The molecular weight excluding hydrogens is 234 g/mol. The van der Waals surface area contributed by atoms with E-state index < -0.39 is 18.3 Å². The maximum Gasteiger partial charge on any atom is 0.387 e. The molecule has 6 heteroatoms. The van der Waals surface area contributed by atoms with Gasteiger partial charge in [-0.05, 0) is 13.0 Å². The van der Waals surface area contributed by atoms with Gasteiger partial charge in [0.2, 0.25) is 0 Å². The molecule has 0 saturated heterocycles. The number of benzene rings is 1. The van der Waals surface area contributed by atoms with E-state index in [9.17, 15) is 18.4 Å². The standard InChI is InChI=1S/C11H10F2O4/c1-6(14)5-7-3-2-4-8(10(15)16)9(7)17-11(12)13/h2-4,11H,5H2,1H3,(H,15,16). The molecule has 1 N–H and O–H groups in total. The molecule has 0 aliphatic carbocycles. The van der Waals surface area contributed by atoms with Crippen LogP contribution in [0.15, 0.2) is 18.2 Å². The quantitative estimate of drug-likeness (QED) is 0.861. The molecule has 0 spiro atoms. The molecule has 4 nitrogen and oxygen atoms in total. The van der Waals surface area contributed by atoms with Crippen molar-refractivity contribution in [3.05, 3.63) is 29.3 Å². The number of carbonyl (C=O) groups excluding carboxylic acids is 1. The Hall–Kier alpha value is -1.98. The predicted octanol–water partition coefficient (Wildman–Crippen LogP) is 2.12. The average molecular weight is 244 g/mol. The van der Waals surface area contributed by atoms with Gasteiger partial charge in [-0.3, -0.25) is 4.79 Å². The van der Waals surface area contributed by atoms with Crippen LogP contribution in [-0.4, -0.2) is 23.5 Å². The van der Waals surface area contributed by atoms with Gasteiger partial charge in [0.25, 0.3) is 0 Å². The van der Waals surface area contributed by atoms with Crippen LogP contribution >= 0.6 is 0 Å². The van der Waals surface area contributed by atoms with Crippen molar-refractivity contribution in [1.29, 1.82) is 0 Å². The van der Waals surface area contributed by atoms with Crippen molar-refractivity contribution >= 4 is 11.8 Å². The molecular formula is C11H10F2O4. The molecule has 0 aliphatic rings. The van der Waals surface area contributed by atoms with Crippen LogP contribution in [0.3, 0.4) is 0 Å². The molecule has 0 unspecified atom stereocenters. The van der Waals surface area contributed by atoms with Gasteiger partial charge in [0.15, 0.2) is 0 Å². The number of ketones is 1. The molecule has 92 valence electrons. The lowest BCUT2D eigenvalue weighted by Crippen LogP contribution is -2.11. The van der Waals surface area contributed by atoms with Gasteiger partial charge in [0.1, 0.15) is 17.1 Å². The summed E-state index contributed by atoms with van der Waals surface area (Å²) in [5.41, 5.74) is -0.248. The van der Waals surface area contributed by atoms with Gasteiger partial charge < -0.3 is 9.84 Å². The molecule has 0 radical (unpaired) electrons. The fourth-order valence-corrected chi connectivity index (χ4v) is 1.39. The summed E-state index contributed by atoms with van der Waals surface area (Å²) in [4.78, 5) is 21.8. The number of para-hydroxylation sites is 1. The summed E-state index contributed by atoms with van der Waals surface area (Å²) in [5.74, 6) is -2.11. The Morgan fingerprint density at radius 3 is 2.53 bits per heavy atom. The van der Waals surface area contributed by atoms with E-state index in [-0.39, 0.29) is 23.3 Å². The van der Waals surface area contributed by atoms with E-state index in [0.29, 0.717) is 0 Å². The summed E-state index contributed by atoms with van der Waals surface area (Å²) in [6.07, 6.45) is -0.150. The first-order valence-corrected chi connectivity index (χ1v) is 4.71. The predicted molar refractivity (Wildman–Crippen MR) is 54.4 cm³/mol. The number of alkyl halides is 2. The molecule has 17 heavy (non-hydrogen) atoms. The van der Waals surface area contributed by atoms with E-state index in [1.807, 2.05) is 0 Å². The van der Waals surface area contributed by atoms with Crippen LogP contribution in [0.1, 0.15) is 22.8 Å². The van der Waals surface area contributed by atoms with Crippen LogP contribution in [0.25, 0.3) is 0 Å². The maximum atomic E-state index is 12.2. The molecule has 0 fully saturated rings. The lowest BCUT2D eigenvalue weighted by molar-refractivity contribution is -0.116. The van der Waals surface area contributed by atoms with Crippen LogP contribution < -0.4 is 4.74 Å². The Balaban J connectivity index is 3.23. The number of carboxylic acid groups (broad SMARTS) is 1. The Morgan fingerprint density at radius 1 is 1.41 bits per heavy atom. The van der Waals surface area contributed by atoms with E-state index in [2.05, 4.69) is 4.74 Å². The van der Waals surface area contributed by atoms with E-state index in [4.69, 9.17) is 5.11 Å². The summed E-state index contributed by atoms with van der Waals surface area (Å²) in [7, 11) is 0. The second kappa shape index (κ2) is 5.38. The fourth-order valence-electron chi connectivity index (χ4n) is 1.39.